The lowest BCUT2D eigenvalue weighted by Crippen LogP contribution is -2.22. The Balaban J connectivity index is 1.59. The van der Waals surface area contributed by atoms with Gasteiger partial charge in [-0.1, -0.05) is 37.9 Å². The van der Waals surface area contributed by atoms with E-state index in [9.17, 15) is 9.59 Å². The lowest BCUT2D eigenvalue weighted by Gasteiger charge is -2.14. The average Bonchev–Trinajstić information content (AvgIpc) is 2.74. The van der Waals surface area contributed by atoms with E-state index in [2.05, 4.69) is 74.4 Å². The van der Waals surface area contributed by atoms with E-state index in [0.29, 0.717) is 22.9 Å². The molecule has 0 saturated heterocycles. The first-order chi connectivity index (χ1) is 16.5. The molecule has 0 atom stereocenters. The second kappa shape index (κ2) is 12.4. The number of hydrogen-bond acceptors (Lipinski definition) is 4. The number of amides is 2. The fourth-order valence-electron chi connectivity index (χ4n) is 3.24. The molecule has 2 amide bonds. The van der Waals surface area contributed by atoms with E-state index >= 15 is 0 Å². The highest BCUT2D eigenvalue weighted by Gasteiger charge is 2.13. The van der Waals surface area contributed by atoms with E-state index in [1.54, 1.807) is 12.1 Å². The van der Waals surface area contributed by atoms with Gasteiger partial charge in [0.1, 0.15) is 11.5 Å². The summed E-state index contributed by atoms with van der Waals surface area (Å²) >= 11 is 13.8. The second-order valence-corrected chi connectivity index (χ2v) is 11.3. The molecule has 35 heavy (non-hydrogen) atoms. The highest BCUT2D eigenvalue weighted by molar-refractivity contribution is 9.11. The molecule has 0 spiro atoms. The Morgan fingerprint density at radius 1 is 0.686 bits per heavy atom. The predicted octanol–water partition coefficient (Wildman–Crippen LogP) is 7.70. The number of ether oxygens (including phenoxy) is 2. The third kappa shape index (κ3) is 7.80. The average molecular weight is 734 g/mol. The van der Waals surface area contributed by atoms with Gasteiger partial charge >= 0.3 is 0 Å². The van der Waals surface area contributed by atoms with Gasteiger partial charge in [-0.3, -0.25) is 9.59 Å². The van der Waals surface area contributed by atoms with Crippen molar-refractivity contribution < 1.29 is 19.1 Å². The molecule has 0 fully saturated rings. The van der Waals surface area contributed by atoms with Crippen molar-refractivity contribution in [3.05, 3.63) is 77.0 Å². The van der Waals surface area contributed by atoms with E-state index in [0.717, 1.165) is 34.6 Å². The molecule has 10 heteroatoms. The molecular formula is C25H22Br4N2O4. The van der Waals surface area contributed by atoms with Gasteiger partial charge in [0.25, 0.3) is 11.8 Å². The van der Waals surface area contributed by atoms with Crippen LogP contribution in [0.25, 0.3) is 0 Å². The molecule has 0 aliphatic carbocycles. The van der Waals surface area contributed by atoms with Crippen LogP contribution in [0.15, 0.2) is 60.4 Å². The summed E-state index contributed by atoms with van der Waals surface area (Å²) in [6, 6.07) is 12.8. The van der Waals surface area contributed by atoms with Crippen LogP contribution in [0.2, 0.25) is 0 Å². The maximum atomic E-state index is 12.5. The number of halogens is 4. The zero-order valence-electron chi connectivity index (χ0n) is 19.1. The normalized spacial score (nSPS) is 10.6. The largest absolute Gasteiger partial charge is 0.482 e. The van der Waals surface area contributed by atoms with Crippen LogP contribution in [0.3, 0.4) is 0 Å². The fourth-order valence-corrected chi connectivity index (χ4v) is 6.34. The van der Waals surface area contributed by atoms with Crippen LogP contribution in [-0.4, -0.2) is 25.0 Å². The van der Waals surface area contributed by atoms with Gasteiger partial charge in [0.15, 0.2) is 13.2 Å². The van der Waals surface area contributed by atoms with Crippen LogP contribution >= 0.6 is 63.7 Å². The van der Waals surface area contributed by atoms with Crippen LogP contribution < -0.4 is 20.1 Å². The zero-order valence-corrected chi connectivity index (χ0v) is 25.4. The Labute approximate surface area is 237 Å². The van der Waals surface area contributed by atoms with Gasteiger partial charge in [0.2, 0.25) is 0 Å². The van der Waals surface area contributed by atoms with Crippen molar-refractivity contribution in [2.24, 2.45) is 0 Å². The van der Waals surface area contributed by atoms with Gasteiger partial charge in [-0.2, -0.15) is 0 Å². The van der Waals surface area contributed by atoms with Gasteiger partial charge in [-0.15, -0.1) is 0 Å². The van der Waals surface area contributed by atoms with Crippen LogP contribution in [-0.2, 0) is 9.59 Å². The molecule has 0 aromatic heterocycles. The summed E-state index contributed by atoms with van der Waals surface area (Å²) in [5, 5.41) is 5.64. The van der Waals surface area contributed by atoms with Crippen molar-refractivity contribution in [3.63, 3.8) is 0 Å². The first kappa shape index (κ1) is 27.7. The molecule has 0 saturated carbocycles. The van der Waals surface area contributed by atoms with Gasteiger partial charge < -0.3 is 20.1 Å². The number of benzene rings is 3. The van der Waals surface area contributed by atoms with Crippen LogP contribution in [0, 0.1) is 20.8 Å². The zero-order chi connectivity index (χ0) is 25.7. The maximum absolute atomic E-state index is 12.5. The lowest BCUT2D eigenvalue weighted by atomic mass is 10.1. The predicted molar refractivity (Wildman–Crippen MR) is 153 cm³/mol. The monoisotopic (exact) mass is 730 g/mol. The quantitative estimate of drug-likeness (QED) is 0.249. The topological polar surface area (TPSA) is 76.7 Å². The first-order valence-corrected chi connectivity index (χ1v) is 13.6. The molecule has 0 aliphatic heterocycles. The highest BCUT2D eigenvalue weighted by Crippen LogP contribution is 2.33. The number of nitrogens with one attached hydrogen (secondary N) is 2. The van der Waals surface area contributed by atoms with Gasteiger partial charge in [0.05, 0.1) is 8.95 Å². The third-order valence-electron chi connectivity index (χ3n) is 4.88. The second-order valence-electron chi connectivity index (χ2n) is 7.77. The van der Waals surface area contributed by atoms with E-state index in [1.807, 2.05) is 51.1 Å². The SMILES string of the molecule is Cc1ccc(NC(=O)COc2c(C)cc(Br)cc2Br)cc1NC(=O)COc1c(C)cc(Br)cc1Br. The van der Waals surface area contributed by atoms with Crippen molar-refractivity contribution >= 4 is 86.9 Å². The van der Waals surface area contributed by atoms with Crippen molar-refractivity contribution in [1.82, 2.24) is 0 Å². The Bertz CT molecular complexity index is 1230. The number of carbonyl (C=O) groups is 2. The summed E-state index contributed by atoms with van der Waals surface area (Å²) in [5.41, 5.74) is 3.76. The molecule has 0 unspecified atom stereocenters. The summed E-state index contributed by atoms with van der Waals surface area (Å²) in [4.78, 5) is 25.0. The minimum Gasteiger partial charge on any atom is -0.482 e. The van der Waals surface area contributed by atoms with Crippen LogP contribution in [0.4, 0.5) is 11.4 Å². The first-order valence-electron chi connectivity index (χ1n) is 10.4. The lowest BCUT2D eigenvalue weighted by molar-refractivity contribution is -0.118. The number of rotatable bonds is 8. The van der Waals surface area contributed by atoms with E-state index in [4.69, 9.17) is 9.47 Å². The molecule has 0 bridgehead atoms. The van der Waals surface area contributed by atoms with Gasteiger partial charge in [0, 0.05) is 20.3 Å². The number of anilines is 2. The molecular weight excluding hydrogens is 712 g/mol. The highest BCUT2D eigenvalue weighted by atomic mass is 79.9. The summed E-state index contributed by atoms with van der Waals surface area (Å²) in [6.45, 7) is 5.35. The molecule has 3 rings (SSSR count). The van der Waals surface area contributed by atoms with Crippen LogP contribution in [0.1, 0.15) is 16.7 Å². The number of hydrogen-bond donors (Lipinski definition) is 2. The Morgan fingerprint density at radius 3 is 1.66 bits per heavy atom. The molecule has 3 aromatic carbocycles. The van der Waals surface area contributed by atoms with Crippen LogP contribution in [0.5, 0.6) is 11.5 Å². The van der Waals surface area contributed by atoms with E-state index in [-0.39, 0.29) is 25.0 Å². The molecule has 2 N–H and O–H groups in total. The van der Waals surface area contributed by atoms with E-state index in [1.165, 1.54) is 0 Å². The van der Waals surface area contributed by atoms with Crippen molar-refractivity contribution in [3.8, 4) is 11.5 Å². The number of aryl methyl sites for hydroxylation is 3. The number of carbonyl (C=O) groups excluding carboxylic acids is 2. The van der Waals surface area contributed by atoms with Crippen molar-refractivity contribution in [2.45, 2.75) is 20.8 Å². The smallest absolute Gasteiger partial charge is 0.262 e. The molecule has 184 valence electrons. The Hall–Kier alpha value is -1.88. The molecule has 3 aromatic rings. The molecule has 0 radical (unpaired) electrons. The minimum atomic E-state index is -0.320. The van der Waals surface area contributed by atoms with Gasteiger partial charge in [-0.25, -0.2) is 0 Å². The molecule has 6 nitrogen and oxygen atoms in total. The van der Waals surface area contributed by atoms with E-state index < -0.39 is 0 Å². The Kier molecular flexibility index (Phi) is 9.80. The molecule has 0 aliphatic rings. The minimum absolute atomic E-state index is 0.160. The molecule has 0 heterocycles. The third-order valence-corrected chi connectivity index (χ3v) is 6.97. The summed E-state index contributed by atoms with van der Waals surface area (Å²) in [5.74, 6) is 0.575. The summed E-state index contributed by atoms with van der Waals surface area (Å²) in [7, 11) is 0. The summed E-state index contributed by atoms with van der Waals surface area (Å²) < 4.78 is 14.8. The van der Waals surface area contributed by atoms with Crippen molar-refractivity contribution in [2.75, 3.05) is 23.8 Å². The summed E-state index contributed by atoms with van der Waals surface area (Å²) in [6.07, 6.45) is 0. The Morgan fingerprint density at radius 2 is 1.17 bits per heavy atom. The van der Waals surface area contributed by atoms with Crippen molar-refractivity contribution in [1.29, 1.82) is 0 Å². The maximum Gasteiger partial charge on any atom is 0.262 e. The fraction of sp³-hybridized carbons (Fsp3) is 0.200. The van der Waals surface area contributed by atoms with Gasteiger partial charge in [-0.05, 0) is 106 Å². The standard InChI is InChI=1S/C25H22Br4N2O4/c1-13-4-5-18(30-22(32)11-34-24-14(2)6-16(26)8-19(24)28)10-21(13)31-23(33)12-35-25-15(3)7-17(27)9-20(25)29/h4-10H,11-12H2,1-3H3,(H,30,32)(H,31,33).